The molecule has 1 atom stereocenters. The van der Waals surface area contributed by atoms with Crippen molar-refractivity contribution in [3.8, 4) is 0 Å². The second-order valence-corrected chi connectivity index (χ2v) is 4.57. The summed E-state index contributed by atoms with van der Waals surface area (Å²) in [4.78, 5) is 16.4. The van der Waals surface area contributed by atoms with Crippen LogP contribution in [-0.4, -0.2) is 28.5 Å². The van der Waals surface area contributed by atoms with Gasteiger partial charge in [-0.2, -0.15) is 0 Å². The maximum absolute atomic E-state index is 12.0. The molecule has 3 rings (SSSR count). The van der Waals surface area contributed by atoms with Crippen LogP contribution in [0.2, 0.25) is 0 Å². The standard InChI is InChI=1S/C13H15N3O2/c1-9-7-16-11(14-9)3-2-4-12(16)15-13(17)10-5-6-18-8-10/h2-4,7,10H,5-6,8H2,1H3,(H,15,17). The Balaban J connectivity index is 1.87. The fourth-order valence-electron chi connectivity index (χ4n) is 2.20. The Morgan fingerprint density at radius 1 is 1.56 bits per heavy atom. The first-order valence-electron chi connectivity index (χ1n) is 6.07. The third kappa shape index (κ3) is 1.97. The number of aryl methyl sites for hydroxylation is 1. The summed E-state index contributed by atoms with van der Waals surface area (Å²) in [5.41, 5.74) is 1.77. The van der Waals surface area contributed by atoms with Crippen molar-refractivity contribution >= 4 is 17.4 Å². The second kappa shape index (κ2) is 4.42. The Morgan fingerprint density at radius 2 is 2.44 bits per heavy atom. The SMILES string of the molecule is Cc1cn2c(NC(=O)C3CCOC3)cccc2n1. The van der Waals surface area contributed by atoms with E-state index < -0.39 is 0 Å². The van der Waals surface area contributed by atoms with Gasteiger partial charge in [0.1, 0.15) is 11.5 Å². The van der Waals surface area contributed by atoms with Crippen LogP contribution in [0.1, 0.15) is 12.1 Å². The molecule has 94 valence electrons. The quantitative estimate of drug-likeness (QED) is 0.874. The van der Waals surface area contributed by atoms with Crippen LogP contribution >= 0.6 is 0 Å². The number of hydrogen-bond donors (Lipinski definition) is 1. The van der Waals surface area contributed by atoms with Gasteiger partial charge in [-0.3, -0.25) is 9.20 Å². The largest absolute Gasteiger partial charge is 0.381 e. The van der Waals surface area contributed by atoms with Gasteiger partial charge in [-0.25, -0.2) is 4.98 Å². The van der Waals surface area contributed by atoms with Crippen LogP contribution in [0.5, 0.6) is 0 Å². The first-order chi connectivity index (χ1) is 8.74. The van der Waals surface area contributed by atoms with E-state index in [0.29, 0.717) is 13.2 Å². The summed E-state index contributed by atoms with van der Waals surface area (Å²) in [7, 11) is 0. The number of carbonyl (C=O) groups excluding carboxylic acids is 1. The number of pyridine rings is 1. The topological polar surface area (TPSA) is 55.6 Å². The van der Waals surface area contributed by atoms with Gasteiger partial charge in [0.05, 0.1) is 18.2 Å². The zero-order chi connectivity index (χ0) is 12.5. The van der Waals surface area contributed by atoms with E-state index in [2.05, 4.69) is 10.3 Å². The number of anilines is 1. The van der Waals surface area contributed by atoms with Gasteiger partial charge in [0.25, 0.3) is 0 Å². The van der Waals surface area contributed by atoms with Crippen molar-refractivity contribution in [3.05, 3.63) is 30.1 Å². The number of ether oxygens (including phenoxy) is 1. The summed E-state index contributed by atoms with van der Waals surface area (Å²) >= 11 is 0. The van der Waals surface area contributed by atoms with Crippen molar-refractivity contribution in [1.82, 2.24) is 9.38 Å². The van der Waals surface area contributed by atoms with Crippen LogP contribution in [-0.2, 0) is 9.53 Å². The Hall–Kier alpha value is -1.88. The lowest BCUT2D eigenvalue weighted by molar-refractivity contribution is -0.119. The normalized spacial score (nSPS) is 19.3. The molecule has 0 aliphatic carbocycles. The minimum atomic E-state index is -0.0372. The van der Waals surface area contributed by atoms with Crippen LogP contribution in [0.3, 0.4) is 0 Å². The van der Waals surface area contributed by atoms with Crippen LogP contribution in [0.25, 0.3) is 5.65 Å². The second-order valence-electron chi connectivity index (χ2n) is 4.57. The van der Waals surface area contributed by atoms with Crippen molar-refractivity contribution in [2.24, 2.45) is 5.92 Å². The number of aromatic nitrogens is 2. The summed E-state index contributed by atoms with van der Waals surface area (Å²) in [6.45, 7) is 3.13. The van der Waals surface area contributed by atoms with Gasteiger partial charge in [-0.05, 0) is 25.5 Å². The van der Waals surface area contributed by atoms with E-state index in [-0.39, 0.29) is 11.8 Å². The van der Waals surface area contributed by atoms with Gasteiger partial charge >= 0.3 is 0 Å². The monoisotopic (exact) mass is 245 g/mol. The summed E-state index contributed by atoms with van der Waals surface area (Å²) in [5.74, 6) is 0.737. The van der Waals surface area contributed by atoms with Crippen LogP contribution < -0.4 is 5.32 Å². The van der Waals surface area contributed by atoms with Crippen molar-refractivity contribution < 1.29 is 9.53 Å². The molecule has 0 aromatic carbocycles. The van der Waals surface area contributed by atoms with Gasteiger partial charge < -0.3 is 10.1 Å². The molecule has 1 amide bonds. The summed E-state index contributed by atoms with van der Waals surface area (Å²) in [5, 5.41) is 2.94. The molecule has 0 bridgehead atoms. The predicted octanol–water partition coefficient (Wildman–Crippen LogP) is 1.62. The van der Waals surface area contributed by atoms with Gasteiger partial charge in [0.15, 0.2) is 0 Å². The third-order valence-corrected chi connectivity index (χ3v) is 3.16. The molecule has 1 N–H and O–H groups in total. The highest BCUT2D eigenvalue weighted by Crippen LogP contribution is 2.17. The fourth-order valence-corrected chi connectivity index (χ4v) is 2.20. The Morgan fingerprint density at radius 3 is 3.22 bits per heavy atom. The molecule has 1 fully saturated rings. The Bertz CT molecular complexity index is 585. The summed E-state index contributed by atoms with van der Waals surface area (Å²) < 4.78 is 7.12. The van der Waals surface area contributed by atoms with Crippen LogP contribution in [0.15, 0.2) is 24.4 Å². The molecular formula is C13H15N3O2. The van der Waals surface area contributed by atoms with Crippen LogP contribution in [0, 0.1) is 12.8 Å². The first-order valence-corrected chi connectivity index (χ1v) is 6.07. The van der Waals surface area contributed by atoms with Gasteiger partial charge in [-0.1, -0.05) is 6.07 Å². The minimum absolute atomic E-state index is 0.0198. The molecule has 2 aromatic rings. The number of rotatable bonds is 2. The molecule has 5 nitrogen and oxygen atoms in total. The Labute approximate surface area is 105 Å². The number of carbonyl (C=O) groups is 1. The maximum atomic E-state index is 12.0. The molecular weight excluding hydrogens is 230 g/mol. The molecule has 3 heterocycles. The van der Waals surface area contributed by atoms with Crippen molar-refractivity contribution in [1.29, 1.82) is 0 Å². The number of hydrogen-bond acceptors (Lipinski definition) is 3. The third-order valence-electron chi connectivity index (χ3n) is 3.16. The van der Waals surface area contributed by atoms with E-state index in [4.69, 9.17) is 4.74 Å². The maximum Gasteiger partial charge on any atom is 0.231 e. The zero-order valence-corrected chi connectivity index (χ0v) is 10.2. The molecule has 0 saturated carbocycles. The average molecular weight is 245 g/mol. The smallest absolute Gasteiger partial charge is 0.231 e. The summed E-state index contributed by atoms with van der Waals surface area (Å²) in [6, 6.07) is 5.69. The number of imidazole rings is 1. The van der Waals surface area contributed by atoms with Crippen molar-refractivity contribution in [2.75, 3.05) is 18.5 Å². The van der Waals surface area contributed by atoms with Crippen molar-refractivity contribution in [3.63, 3.8) is 0 Å². The van der Waals surface area contributed by atoms with Crippen molar-refractivity contribution in [2.45, 2.75) is 13.3 Å². The molecule has 1 aliphatic heterocycles. The number of nitrogens with zero attached hydrogens (tertiary/aromatic N) is 2. The number of nitrogens with one attached hydrogen (secondary N) is 1. The zero-order valence-electron chi connectivity index (χ0n) is 10.2. The lowest BCUT2D eigenvalue weighted by Crippen LogP contribution is -2.23. The fraction of sp³-hybridized carbons (Fsp3) is 0.385. The van der Waals surface area contributed by atoms with E-state index in [9.17, 15) is 4.79 Å². The molecule has 0 spiro atoms. The molecule has 5 heteroatoms. The van der Waals surface area contributed by atoms with Gasteiger partial charge in [0.2, 0.25) is 5.91 Å². The molecule has 0 radical (unpaired) electrons. The lowest BCUT2D eigenvalue weighted by Gasteiger charge is -2.10. The predicted molar refractivity (Wildman–Crippen MR) is 67.5 cm³/mol. The highest BCUT2D eigenvalue weighted by Gasteiger charge is 2.23. The van der Waals surface area contributed by atoms with Gasteiger partial charge in [0, 0.05) is 12.8 Å². The highest BCUT2D eigenvalue weighted by atomic mass is 16.5. The average Bonchev–Trinajstić information content (AvgIpc) is 2.96. The molecule has 2 aromatic heterocycles. The number of fused-ring (bicyclic) bond motifs is 1. The van der Waals surface area contributed by atoms with E-state index in [1.807, 2.05) is 35.7 Å². The van der Waals surface area contributed by atoms with E-state index in [0.717, 1.165) is 23.6 Å². The lowest BCUT2D eigenvalue weighted by atomic mass is 10.1. The molecule has 1 unspecified atom stereocenters. The van der Waals surface area contributed by atoms with Gasteiger partial charge in [-0.15, -0.1) is 0 Å². The van der Waals surface area contributed by atoms with E-state index in [1.165, 1.54) is 0 Å². The first kappa shape index (κ1) is 11.2. The summed E-state index contributed by atoms with van der Waals surface area (Å²) in [6.07, 6.45) is 2.71. The molecule has 18 heavy (non-hydrogen) atoms. The molecule has 1 saturated heterocycles. The van der Waals surface area contributed by atoms with E-state index >= 15 is 0 Å². The minimum Gasteiger partial charge on any atom is -0.381 e. The molecule has 1 aliphatic rings. The Kier molecular flexibility index (Phi) is 2.76. The highest BCUT2D eigenvalue weighted by molar-refractivity contribution is 5.92. The van der Waals surface area contributed by atoms with Crippen LogP contribution in [0.4, 0.5) is 5.82 Å². The van der Waals surface area contributed by atoms with E-state index in [1.54, 1.807) is 0 Å². The number of amides is 1.